The van der Waals surface area contributed by atoms with E-state index in [1.807, 2.05) is 0 Å². The Hall–Kier alpha value is -0.120. The van der Waals surface area contributed by atoms with Crippen molar-refractivity contribution in [2.75, 3.05) is 26.2 Å². The van der Waals surface area contributed by atoms with Crippen molar-refractivity contribution in [1.82, 2.24) is 10.2 Å². The summed E-state index contributed by atoms with van der Waals surface area (Å²) in [5, 5.41) is 3.82. The molecular formula is C14H28N2O. The lowest BCUT2D eigenvalue weighted by atomic mass is 9.88. The molecule has 0 bridgehead atoms. The first-order valence-corrected chi connectivity index (χ1v) is 7.41. The average Bonchev–Trinajstić information content (AvgIpc) is 2.51. The van der Waals surface area contributed by atoms with Gasteiger partial charge in [0.1, 0.15) is 0 Å². The summed E-state index contributed by atoms with van der Waals surface area (Å²) in [6.07, 6.45) is 7.02. The van der Waals surface area contributed by atoms with Crippen molar-refractivity contribution in [1.29, 1.82) is 0 Å². The first-order valence-electron chi connectivity index (χ1n) is 7.41. The van der Waals surface area contributed by atoms with E-state index in [1.54, 1.807) is 0 Å². The molecule has 3 nitrogen and oxygen atoms in total. The molecule has 1 aliphatic carbocycles. The van der Waals surface area contributed by atoms with Gasteiger partial charge in [0, 0.05) is 18.7 Å². The Morgan fingerprint density at radius 1 is 1.12 bits per heavy atom. The molecule has 3 heteroatoms. The van der Waals surface area contributed by atoms with Crippen molar-refractivity contribution in [3.8, 4) is 0 Å². The summed E-state index contributed by atoms with van der Waals surface area (Å²) in [4.78, 5) is 2.57. The van der Waals surface area contributed by atoms with Crippen molar-refractivity contribution < 1.29 is 4.74 Å². The van der Waals surface area contributed by atoms with Crippen LogP contribution in [0.2, 0.25) is 0 Å². The van der Waals surface area contributed by atoms with E-state index in [4.69, 9.17) is 4.74 Å². The van der Waals surface area contributed by atoms with Crippen LogP contribution in [0.3, 0.4) is 0 Å². The Morgan fingerprint density at radius 3 is 2.65 bits per heavy atom. The fraction of sp³-hybridized carbons (Fsp3) is 1.00. The molecule has 0 radical (unpaired) electrons. The van der Waals surface area contributed by atoms with Gasteiger partial charge in [-0.2, -0.15) is 0 Å². The smallest absolute Gasteiger partial charge is 0.0604 e. The molecule has 1 N–H and O–H groups in total. The van der Waals surface area contributed by atoms with Crippen molar-refractivity contribution in [3.63, 3.8) is 0 Å². The number of nitrogens with one attached hydrogen (secondary N) is 1. The Balaban J connectivity index is 1.63. The van der Waals surface area contributed by atoms with Gasteiger partial charge in [-0.3, -0.25) is 0 Å². The summed E-state index contributed by atoms with van der Waals surface area (Å²) >= 11 is 0. The summed E-state index contributed by atoms with van der Waals surface area (Å²) in [7, 11) is 0. The molecule has 17 heavy (non-hydrogen) atoms. The summed E-state index contributed by atoms with van der Waals surface area (Å²) in [5.41, 5.74) is 0. The van der Waals surface area contributed by atoms with Crippen LogP contribution in [-0.2, 0) is 4.74 Å². The van der Waals surface area contributed by atoms with Crippen molar-refractivity contribution in [2.45, 2.75) is 64.1 Å². The molecule has 2 fully saturated rings. The minimum absolute atomic E-state index is 0.537. The van der Waals surface area contributed by atoms with Crippen molar-refractivity contribution in [3.05, 3.63) is 0 Å². The second-order valence-electron chi connectivity index (χ2n) is 5.47. The van der Waals surface area contributed by atoms with Crippen LogP contribution in [-0.4, -0.2) is 49.3 Å². The van der Waals surface area contributed by atoms with Crippen LogP contribution in [0.15, 0.2) is 0 Å². The number of likely N-dealkylation sites (tertiary alicyclic amines) is 1. The quantitative estimate of drug-likeness (QED) is 0.795. The summed E-state index contributed by atoms with van der Waals surface area (Å²) < 4.78 is 5.61. The van der Waals surface area contributed by atoms with E-state index in [0.29, 0.717) is 6.10 Å². The molecule has 2 rings (SSSR count). The minimum atomic E-state index is 0.537. The Labute approximate surface area is 106 Å². The third-order valence-electron chi connectivity index (χ3n) is 4.24. The van der Waals surface area contributed by atoms with Gasteiger partial charge in [0.25, 0.3) is 0 Å². The lowest BCUT2D eigenvalue weighted by Crippen LogP contribution is -2.49. The predicted molar refractivity (Wildman–Crippen MR) is 71.3 cm³/mol. The van der Waals surface area contributed by atoms with Crippen LogP contribution in [0, 0.1) is 0 Å². The number of nitrogens with zero attached hydrogens (tertiary/aromatic N) is 1. The second kappa shape index (κ2) is 6.72. The van der Waals surface area contributed by atoms with Crippen LogP contribution >= 0.6 is 0 Å². The minimum Gasteiger partial charge on any atom is -0.378 e. The fourth-order valence-electron chi connectivity index (χ4n) is 3.05. The molecule has 1 unspecified atom stereocenters. The van der Waals surface area contributed by atoms with E-state index in [9.17, 15) is 0 Å². The molecule has 1 saturated heterocycles. The fourth-order valence-corrected chi connectivity index (χ4v) is 3.05. The Kier molecular flexibility index (Phi) is 5.26. The van der Waals surface area contributed by atoms with Gasteiger partial charge in [0.15, 0.2) is 0 Å². The first kappa shape index (κ1) is 13.3. The van der Waals surface area contributed by atoms with Gasteiger partial charge in [-0.25, -0.2) is 0 Å². The molecule has 1 saturated carbocycles. The number of rotatable bonds is 5. The van der Waals surface area contributed by atoms with Gasteiger partial charge >= 0.3 is 0 Å². The summed E-state index contributed by atoms with van der Waals surface area (Å²) in [5.74, 6) is 0. The highest BCUT2D eigenvalue weighted by atomic mass is 16.5. The molecule has 1 aliphatic heterocycles. The first-order chi connectivity index (χ1) is 8.31. The van der Waals surface area contributed by atoms with E-state index in [2.05, 4.69) is 24.1 Å². The number of hydrogen-bond acceptors (Lipinski definition) is 3. The van der Waals surface area contributed by atoms with Gasteiger partial charge < -0.3 is 15.0 Å². The van der Waals surface area contributed by atoms with Crippen LogP contribution in [0.5, 0.6) is 0 Å². The van der Waals surface area contributed by atoms with Crippen LogP contribution < -0.4 is 5.32 Å². The molecule has 2 aliphatic rings. The van der Waals surface area contributed by atoms with Crippen LogP contribution in [0.1, 0.15) is 46.0 Å². The van der Waals surface area contributed by atoms with E-state index < -0.39 is 0 Å². The standard InChI is InChI=1S/C14H28N2O/c1-3-16-8-5-6-12(7-9-16)15-13-10-14(11-13)17-4-2/h12-15H,3-11H2,1-2H3. The summed E-state index contributed by atoms with van der Waals surface area (Å²) in [6.45, 7) is 9.00. The second-order valence-corrected chi connectivity index (χ2v) is 5.47. The van der Waals surface area contributed by atoms with Crippen LogP contribution in [0.25, 0.3) is 0 Å². The average molecular weight is 240 g/mol. The molecule has 1 atom stereocenters. The lowest BCUT2D eigenvalue weighted by Gasteiger charge is -2.38. The molecule has 1 heterocycles. The van der Waals surface area contributed by atoms with Gasteiger partial charge in [-0.1, -0.05) is 6.92 Å². The third-order valence-corrected chi connectivity index (χ3v) is 4.24. The van der Waals surface area contributed by atoms with Crippen molar-refractivity contribution >= 4 is 0 Å². The highest BCUT2D eigenvalue weighted by molar-refractivity contribution is 4.89. The molecule has 0 aromatic rings. The lowest BCUT2D eigenvalue weighted by molar-refractivity contribution is -0.0127. The molecule has 0 aromatic carbocycles. The van der Waals surface area contributed by atoms with E-state index >= 15 is 0 Å². The zero-order chi connectivity index (χ0) is 12.1. The topological polar surface area (TPSA) is 24.5 Å². The maximum atomic E-state index is 5.61. The normalized spacial score (nSPS) is 35.3. The largest absolute Gasteiger partial charge is 0.378 e. The third kappa shape index (κ3) is 3.94. The van der Waals surface area contributed by atoms with Crippen LogP contribution in [0.4, 0.5) is 0 Å². The van der Waals surface area contributed by atoms with E-state index in [0.717, 1.165) is 18.7 Å². The van der Waals surface area contributed by atoms with E-state index in [-0.39, 0.29) is 0 Å². The SMILES string of the molecule is CCOC1CC(NC2CCCN(CC)CC2)C1. The van der Waals surface area contributed by atoms with Gasteiger partial charge in [0.05, 0.1) is 6.10 Å². The molecule has 0 aromatic heterocycles. The monoisotopic (exact) mass is 240 g/mol. The zero-order valence-corrected chi connectivity index (χ0v) is 11.5. The zero-order valence-electron chi connectivity index (χ0n) is 11.5. The van der Waals surface area contributed by atoms with E-state index in [1.165, 1.54) is 51.7 Å². The molecule has 100 valence electrons. The maximum absolute atomic E-state index is 5.61. The highest BCUT2D eigenvalue weighted by Gasteiger charge is 2.31. The Bertz CT molecular complexity index is 216. The Morgan fingerprint density at radius 2 is 1.94 bits per heavy atom. The maximum Gasteiger partial charge on any atom is 0.0604 e. The van der Waals surface area contributed by atoms with Gasteiger partial charge in [-0.15, -0.1) is 0 Å². The molecule has 0 amide bonds. The number of hydrogen-bond donors (Lipinski definition) is 1. The van der Waals surface area contributed by atoms with Gasteiger partial charge in [-0.05, 0) is 58.7 Å². The summed E-state index contributed by atoms with van der Waals surface area (Å²) in [6, 6.07) is 1.48. The van der Waals surface area contributed by atoms with Gasteiger partial charge in [0.2, 0.25) is 0 Å². The molecular weight excluding hydrogens is 212 g/mol. The predicted octanol–water partition coefficient (Wildman–Crippen LogP) is 2.02. The number of ether oxygens (including phenoxy) is 1. The van der Waals surface area contributed by atoms with Crippen molar-refractivity contribution in [2.24, 2.45) is 0 Å². The highest BCUT2D eigenvalue weighted by Crippen LogP contribution is 2.25. The molecule has 0 spiro atoms.